The Hall–Kier alpha value is -1.42. The van der Waals surface area contributed by atoms with Crippen LogP contribution in [0.4, 0.5) is 4.79 Å². The van der Waals surface area contributed by atoms with Crippen LogP contribution in [0.25, 0.3) is 0 Å². The second-order valence-electron chi connectivity index (χ2n) is 5.50. The molecule has 5 heteroatoms. The van der Waals surface area contributed by atoms with E-state index < -0.39 is 6.16 Å². The number of hydrogen-bond donors (Lipinski definition) is 0. The van der Waals surface area contributed by atoms with Crippen LogP contribution in [0.5, 0.6) is 5.75 Å². The van der Waals surface area contributed by atoms with Crippen molar-refractivity contribution in [1.29, 1.82) is 0 Å². The molecule has 0 spiro atoms. The molecule has 1 aromatic rings. The number of hydrogen-bond acceptors (Lipinski definition) is 4. The largest absolute Gasteiger partial charge is 0.508 e. The molecule has 4 nitrogen and oxygen atoms in total. The molecular weight excluding hydrogens is 268 g/mol. The van der Waals surface area contributed by atoms with Gasteiger partial charge in [-0.05, 0) is 23.1 Å². The van der Waals surface area contributed by atoms with Crippen LogP contribution >= 0.6 is 11.6 Å². The lowest BCUT2D eigenvalue weighted by atomic mass is 9.87. The van der Waals surface area contributed by atoms with Crippen molar-refractivity contribution in [1.82, 2.24) is 0 Å². The van der Waals surface area contributed by atoms with Gasteiger partial charge in [0.05, 0.1) is 0 Å². The first-order chi connectivity index (χ1) is 8.86. The lowest BCUT2D eigenvalue weighted by Gasteiger charge is -2.21. The topological polar surface area (TPSA) is 44.8 Å². The Bertz CT molecular complexity index is 479. The summed E-state index contributed by atoms with van der Waals surface area (Å²) in [7, 11) is 0. The summed E-state index contributed by atoms with van der Waals surface area (Å²) >= 11 is 6.24. The van der Waals surface area contributed by atoms with Crippen molar-refractivity contribution in [2.45, 2.75) is 32.3 Å². The number of carbonyl (C=O) groups is 1. The smallest absolute Gasteiger partial charge is 0.490 e. The third-order valence-corrected chi connectivity index (χ3v) is 3.15. The van der Waals surface area contributed by atoms with Gasteiger partial charge in [-0.25, -0.2) is 4.79 Å². The molecule has 104 valence electrons. The Morgan fingerprint density at radius 1 is 1.42 bits per heavy atom. The van der Waals surface area contributed by atoms with Crippen LogP contribution in [-0.2, 0) is 14.9 Å². The fraction of sp³-hybridized carbons (Fsp3) is 0.500. The average molecular weight is 285 g/mol. The molecule has 1 aromatic carbocycles. The van der Waals surface area contributed by atoms with Crippen LogP contribution < -0.4 is 4.74 Å². The summed E-state index contributed by atoms with van der Waals surface area (Å²) in [4.78, 5) is 10.8. The zero-order valence-corrected chi connectivity index (χ0v) is 12.0. The summed E-state index contributed by atoms with van der Waals surface area (Å²) in [6, 6.07) is 5.60. The SMILES string of the molecule is CC(C)(C)c1ccc(OCC2COC(=O)O2)cc1Cl. The number of halogens is 1. The second-order valence-corrected chi connectivity index (χ2v) is 5.91. The normalized spacial score (nSPS) is 18.9. The third kappa shape index (κ3) is 3.53. The highest BCUT2D eigenvalue weighted by molar-refractivity contribution is 6.31. The first-order valence-electron chi connectivity index (χ1n) is 6.12. The minimum atomic E-state index is -0.644. The van der Waals surface area contributed by atoms with Crippen molar-refractivity contribution in [3.8, 4) is 5.75 Å². The van der Waals surface area contributed by atoms with E-state index in [1.807, 2.05) is 12.1 Å². The molecule has 1 atom stereocenters. The van der Waals surface area contributed by atoms with Gasteiger partial charge in [-0.1, -0.05) is 38.4 Å². The quantitative estimate of drug-likeness (QED) is 0.796. The summed E-state index contributed by atoms with van der Waals surface area (Å²) < 4.78 is 15.1. The molecule has 0 saturated carbocycles. The number of benzene rings is 1. The van der Waals surface area contributed by atoms with Gasteiger partial charge in [-0.3, -0.25) is 0 Å². The van der Waals surface area contributed by atoms with Crippen molar-refractivity contribution >= 4 is 17.8 Å². The van der Waals surface area contributed by atoms with Crippen LogP contribution in [0.2, 0.25) is 5.02 Å². The summed E-state index contributed by atoms with van der Waals surface area (Å²) in [5, 5.41) is 0.671. The molecule has 0 N–H and O–H groups in total. The minimum absolute atomic E-state index is 0.00949. The van der Waals surface area contributed by atoms with Crippen molar-refractivity contribution in [2.24, 2.45) is 0 Å². The highest BCUT2D eigenvalue weighted by Crippen LogP contribution is 2.32. The molecule has 1 unspecified atom stereocenters. The standard InChI is InChI=1S/C14H17ClO4/c1-14(2,3)11-5-4-9(6-12(11)15)17-7-10-8-18-13(16)19-10/h4-6,10H,7-8H2,1-3H3. The van der Waals surface area contributed by atoms with E-state index in [4.69, 9.17) is 21.1 Å². The van der Waals surface area contributed by atoms with Gasteiger partial charge in [-0.15, -0.1) is 0 Å². The average Bonchev–Trinajstić information content (AvgIpc) is 2.71. The summed E-state index contributed by atoms with van der Waals surface area (Å²) in [5.41, 5.74) is 1.06. The molecule has 0 bridgehead atoms. The highest BCUT2D eigenvalue weighted by Gasteiger charge is 2.25. The van der Waals surface area contributed by atoms with Crippen LogP contribution in [0.3, 0.4) is 0 Å². The summed E-state index contributed by atoms with van der Waals surface area (Å²) in [6.07, 6.45) is -0.997. The zero-order chi connectivity index (χ0) is 14.0. The molecule has 0 amide bonds. The Morgan fingerprint density at radius 2 is 2.16 bits per heavy atom. The number of carbonyl (C=O) groups excluding carboxylic acids is 1. The van der Waals surface area contributed by atoms with Gasteiger partial charge in [0.15, 0.2) is 6.10 Å². The lowest BCUT2D eigenvalue weighted by Crippen LogP contribution is -2.20. The maximum absolute atomic E-state index is 10.8. The lowest BCUT2D eigenvalue weighted by molar-refractivity contribution is 0.0983. The summed E-state index contributed by atoms with van der Waals surface area (Å²) in [6.45, 7) is 6.79. The zero-order valence-electron chi connectivity index (χ0n) is 11.2. The Labute approximate surface area is 117 Å². The van der Waals surface area contributed by atoms with Crippen LogP contribution in [0.1, 0.15) is 26.3 Å². The molecule has 0 radical (unpaired) electrons. The van der Waals surface area contributed by atoms with Crippen molar-refractivity contribution < 1.29 is 19.0 Å². The molecule has 1 aliphatic heterocycles. The first kappa shape index (κ1) is 14.0. The molecule has 1 aliphatic rings. The molecule has 2 rings (SSSR count). The molecular formula is C14H17ClO4. The van der Waals surface area contributed by atoms with Crippen molar-refractivity contribution in [3.63, 3.8) is 0 Å². The maximum atomic E-state index is 10.8. The fourth-order valence-corrected chi connectivity index (χ4v) is 2.28. The molecule has 19 heavy (non-hydrogen) atoms. The van der Waals surface area contributed by atoms with E-state index in [1.165, 1.54) is 0 Å². The predicted molar refractivity (Wildman–Crippen MR) is 71.9 cm³/mol. The van der Waals surface area contributed by atoms with E-state index in [2.05, 4.69) is 25.5 Å². The molecule has 0 aromatic heterocycles. The van der Waals surface area contributed by atoms with E-state index in [-0.39, 0.29) is 24.7 Å². The van der Waals surface area contributed by atoms with Gasteiger partial charge in [0.1, 0.15) is 19.0 Å². The number of rotatable bonds is 3. The third-order valence-electron chi connectivity index (χ3n) is 2.83. The van der Waals surface area contributed by atoms with E-state index >= 15 is 0 Å². The molecule has 1 heterocycles. The Kier molecular flexibility index (Phi) is 3.90. The van der Waals surface area contributed by atoms with Crippen molar-refractivity contribution in [3.05, 3.63) is 28.8 Å². The number of cyclic esters (lactones) is 2. The van der Waals surface area contributed by atoms with Crippen molar-refractivity contribution in [2.75, 3.05) is 13.2 Å². The van der Waals surface area contributed by atoms with Crippen LogP contribution in [0, 0.1) is 0 Å². The minimum Gasteiger partial charge on any atom is -0.490 e. The van der Waals surface area contributed by atoms with Gasteiger partial charge in [-0.2, -0.15) is 0 Å². The van der Waals surface area contributed by atoms with Gasteiger partial charge in [0, 0.05) is 5.02 Å². The molecule has 1 saturated heterocycles. The monoisotopic (exact) mass is 284 g/mol. The fourth-order valence-electron chi connectivity index (χ4n) is 1.83. The van der Waals surface area contributed by atoms with Crippen LogP contribution in [0.15, 0.2) is 18.2 Å². The Morgan fingerprint density at radius 3 is 2.68 bits per heavy atom. The van der Waals surface area contributed by atoms with Gasteiger partial charge < -0.3 is 14.2 Å². The van der Waals surface area contributed by atoms with Crippen LogP contribution in [-0.4, -0.2) is 25.5 Å². The molecule has 0 aliphatic carbocycles. The Balaban J connectivity index is 1.98. The van der Waals surface area contributed by atoms with Gasteiger partial charge >= 0.3 is 6.16 Å². The second kappa shape index (κ2) is 5.29. The summed E-state index contributed by atoms with van der Waals surface area (Å²) in [5.74, 6) is 0.654. The molecule has 1 fully saturated rings. The highest BCUT2D eigenvalue weighted by atomic mass is 35.5. The van der Waals surface area contributed by atoms with E-state index in [9.17, 15) is 4.79 Å². The first-order valence-corrected chi connectivity index (χ1v) is 6.50. The van der Waals surface area contributed by atoms with E-state index in [1.54, 1.807) is 6.07 Å². The predicted octanol–water partition coefficient (Wildman–Crippen LogP) is 3.55. The van der Waals surface area contributed by atoms with E-state index in [0.29, 0.717) is 10.8 Å². The van der Waals surface area contributed by atoms with Gasteiger partial charge in [0.25, 0.3) is 0 Å². The van der Waals surface area contributed by atoms with E-state index in [0.717, 1.165) is 5.56 Å². The maximum Gasteiger partial charge on any atom is 0.508 e. The number of ether oxygens (including phenoxy) is 3. The van der Waals surface area contributed by atoms with Gasteiger partial charge in [0.2, 0.25) is 0 Å².